The van der Waals surface area contributed by atoms with E-state index < -0.39 is 0 Å². The minimum atomic E-state index is -0.384. The number of pyridine rings is 1. The topological polar surface area (TPSA) is 55.0 Å². The lowest BCUT2D eigenvalue weighted by Crippen LogP contribution is -2.07. The number of fused-ring (bicyclic) bond motifs is 1. The smallest absolute Gasteiger partial charge is 0.359 e. The lowest BCUT2D eigenvalue weighted by Gasteiger charge is -2.01. The van der Waals surface area contributed by atoms with E-state index in [0.717, 1.165) is 16.5 Å². The van der Waals surface area contributed by atoms with Gasteiger partial charge in [-0.2, -0.15) is 0 Å². The molecule has 0 saturated heterocycles. The molecule has 0 aromatic carbocycles. The van der Waals surface area contributed by atoms with Crippen LogP contribution in [-0.2, 0) is 4.74 Å². The molecule has 0 aliphatic heterocycles. The number of aryl methyl sites for hydroxylation is 1. The van der Waals surface area contributed by atoms with E-state index in [4.69, 9.17) is 4.74 Å². The summed E-state index contributed by atoms with van der Waals surface area (Å²) in [7, 11) is 0. The second-order valence-corrected chi connectivity index (χ2v) is 3.27. The third-order valence-electron chi connectivity index (χ3n) is 2.28. The molecule has 0 saturated carbocycles. The highest BCUT2D eigenvalue weighted by Crippen LogP contribution is 2.19. The van der Waals surface area contributed by atoms with Crippen molar-refractivity contribution in [3.8, 4) is 0 Å². The number of aromatic amines is 1. The molecular weight excluding hydrogens is 192 g/mol. The number of rotatable bonds is 2. The van der Waals surface area contributed by atoms with Crippen LogP contribution in [0.4, 0.5) is 0 Å². The lowest BCUT2D eigenvalue weighted by atomic mass is 10.2. The summed E-state index contributed by atoms with van der Waals surface area (Å²) in [5.41, 5.74) is 2.19. The summed E-state index contributed by atoms with van der Waals surface area (Å²) in [5.74, 6) is -0.384. The third-order valence-corrected chi connectivity index (χ3v) is 2.28. The van der Waals surface area contributed by atoms with Crippen LogP contribution in [0, 0.1) is 6.92 Å². The van der Waals surface area contributed by atoms with Gasteiger partial charge in [0, 0.05) is 17.8 Å². The fraction of sp³-hybridized carbons (Fsp3) is 0.273. The second kappa shape index (κ2) is 3.73. The van der Waals surface area contributed by atoms with Crippen molar-refractivity contribution in [1.29, 1.82) is 0 Å². The van der Waals surface area contributed by atoms with Crippen molar-refractivity contribution in [2.24, 2.45) is 0 Å². The van der Waals surface area contributed by atoms with Gasteiger partial charge in [0.1, 0.15) is 0 Å². The molecule has 78 valence electrons. The van der Waals surface area contributed by atoms with Crippen molar-refractivity contribution in [3.63, 3.8) is 0 Å². The van der Waals surface area contributed by atoms with Crippen LogP contribution in [0.3, 0.4) is 0 Å². The molecule has 4 nitrogen and oxygen atoms in total. The Kier molecular flexibility index (Phi) is 2.41. The monoisotopic (exact) mass is 204 g/mol. The Morgan fingerprint density at radius 3 is 3.13 bits per heavy atom. The zero-order valence-electron chi connectivity index (χ0n) is 8.70. The van der Waals surface area contributed by atoms with Crippen molar-refractivity contribution in [3.05, 3.63) is 29.7 Å². The number of nitrogens with one attached hydrogen (secondary N) is 1. The molecule has 15 heavy (non-hydrogen) atoms. The first-order valence-corrected chi connectivity index (χ1v) is 4.84. The second-order valence-electron chi connectivity index (χ2n) is 3.27. The zero-order valence-corrected chi connectivity index (χ0v) is 8.70. The van der Waals surface area contributed by atoms with Crippen molar-refractivity contribution < 1.29 is 9.53 Å². The number of ether oxygens (including phenoxy) is 1. The van der Waals surface area contributed by atoms with Crippen LogP contribution in [0.15, 0.2) is 18.5 Å². The maximum Gasteiger partial charge on any atom is 0.359 e. The Morgan fingerprint density at radius 2 is 2.40 bits per heavy atom. The van der Waals surface area contributed by atoms with E-state index in [1.807, 2.05) is 19.2 Å². The Hall–Kier alpha value is -1.84. The number of carbonyl (C=O) groups excluding carboxylic acids is 1. The molecule has 0 spiro atoms. The number of hydrogen-bond donors (Lipinski definition) is 1. The van der Waals surface area contributed by atoms with Crippen LogP contribution >= 0.6 is 0 Å². The maximum atomic E-state index is 11.6. The minimum absolute atomic E-state index is 0.349. The average Bonchev–Trinajstić information content (AvgIpc) is 2.61. The van der Waals surface area contributed by atoms with Gasteiger partial charge < -0.3 is 9.72 Å². The Morgan fingerprint density at radius 1 is 1.60 bits per heavy atom. The van der Waals surface area contributed by atoms with Gasteiger partial charge in [-0.05, 0) is 25.5 Å². The van der Waals surface area contributed by atoms with Gasteiger partial charge in [-0.25, -0.2) is 9.78 Å². The van der Waals surface area contributed by atoms with E-state index >= 15 is 0 Å². The molecule has 4 heteroatoms. The average molecular weight is 204 g/mol. The van der Waals surface area contributed by atoms with E-state index in [2.05, 4.69) is 9.97 Å². The molecule has 2 rings (SSSR count). The Labute approximate surface area is 87.3 Å². The number of nitrogens with zero attached hydrogens (tertiary/aromatic N) is 1. The molecule has 1 N–H and O–H groups in total. The van der Waals surface area contributed by atoms with Gasteiger partial charge in [0.25, 0.3) is 0 Å². The molecule has 2 heterocycles. The highest BCUT2D eigenvalue weighted by molar-refractivity contribution is 6.01. The number of esters is 1. The first-order valence-electron chi connectivity index (χ1n) is 4.84. The largest absolute Gasteiger partial charge is 0.461 e. The van der Waals surface area contributed by atoms with Gasteiger partial charge in [0.05, 0.1) is 12.1 Å². The van der Waals surface area contributed by atoms with Gasteiger partial charge in [-0.1, -0.05) is 0 Å². The van der Waals surface area contributed by atoms with Gasteiger partial charge in [-0.15, -0.1) is 0 Å². The summed E-state index contributed by atoms with van der Waals surface area (Å²) in [6, 6.07) is 1.88. The van der Waals surface area contributed by atoms with E-state index in [1.54, 1.807) is 13.1 Å². The fourth-order valence-corrected chi connectivity index (χ4v) is 1.55. The van der Waals surface area contributed by atoms with Crippen molar-refractivity contribution in [2.45, 2.75) is 13.8 Å². The van der Waals surface area contributed by atoms with E-state index in [9.17, 15) is 4.79 Å². The predicted octanol–water partition coefficient (Wildman–Crippen LogP) is 2.05. The molecule has 2 aromatic heterocycles. The third kappa shape index (κ3) is 1.58. The molecular formula is C11H12N2O2. The molecule has 0 radical (unpaired) electrons. The van der Waals surface area contributed by atoms with Crippen LogP contribution in [0.5, 0.6) is 0 Å². The van der Waals surface area contributed by atoms with Crippen LogP contribution < -0.4 is 0 Å². The summed E-state index contributed by atoms with van der Waals surface area (Å²) in [6.07, 6.45) is 3.48. The molecule has 0 amide bonds. The summed E-state index contributed by atoms with van der Waals surface area (Å²) in [6.45, 7) is 4.11. The standard InChI is InChI=1S/C11H12N2O2/c1-3-15-11(14)10-9-8(4-5-12-10)7(2)6-13-9/h4-6,13H,3H2,1-2H3. The summed E-state index contributed by atoms with van der Waals surface area (Å²) < 4.78 is 4.92. The SMILES string of the molecule is CCOC(=O)c1nccc2c(C)c[nH]c12. The van der Waals surface area contributed by atoms with Gasteiger partial charge in [-0.3, -0.25) is 0 Å². The molecule has 2 aromatic rings. The summed E-state index contributed by atoms with van der Waals surface area (Å²) in [4.78, 5) is 18.6. The van der Waals surface area contributed by atoms with Crippen LogP contribution in [-0.4, -0.2) is 22.5 Å². The summed E-state index contributed by atoms with van der Waals surface area (Å²) >= 11 is 0. The number of aromatic nitrogens is 2. The first-order chi connectivity index (χ1) is 7.24. The number of carbonyl (C=O) groups is 1. The van der Waals surface area contributed by atoms with Gasteiger partial charge in [0.2, 0.25) is 0 Å². The Bertz CT molecular complexity index is 502. The van der Waals surface area contributed by atoms with Crippen LogP contribution in [0.2, 0.25) is 0 Å². The number of hydrogen-bond acceptors (Lipinski definition) is 3. The predicted molar refractivity (Wildman–Crippen MR) is 56.8 cm³/mol. The van der Waals surface area contributed by atoms with E-state index in [0.29, 0.717) is 12.3 Å². The minimum Gasteiger partial charge on any atom is -0.461 e. The molecule has 0 aliphatic carbocycles. The highest BCUT2D eigenvalue weighted by atomic mass is 16.5. The van der Waals surface area contributed by atoms with Crippen molar-refractivity contribution in [1.82, 2.24) is 9.97 Å². The van der Waals surface area contributed by atoms with Crippen LogP contribution in [0.1, 0.15) is 23.0 Å². The molecule has 0 atom stereocenters. The molecule has 0 unspecified atom stereocenters. The van der Waals surface area contributed by atoms with E-state index in [1.165, 1.54) is 0 Å². The normalized spacial score (nSPS) is 10.5. The van der Waals surface area contributed by atoms with Crippen LogP contribution in [0.25, 0.3) is 10.9 Å². The summed E-state index contributed by atoms with van der Waals surface area (Å²) in [5, 5.41) is 1.01. The lowest BCUT2D eigenvalue weighted by molar-refractivity contribution is 0.0522. The fourth-order valence-electron chi connectivity index (χ4n) is 1.55. The molecule has 0 fully saturated rings. The maximum absolute atomic E-state index is 11.6. The number of H-pyrrole nitrogens is 1. The quantitative estimate of drug-likeness (QED) is 0.761. The van der Waals surface area contributed by atoms with Gasteiger partial charge >= 0.3 is 5.97 Å². The molecule has 0 aliphatic rings. The van der Waals surface area contributed by atoms with Crippen molar-refractivity contribution >= 4 is 16.9 Å². The molecule has 0 bridgehead atoms. The first kappa shape index (κ1) is 9.71. The van der Waals surface area contributed by atoms with Gasteiger partial charge in [0.15, 0.2) is 5.69 Å². The zero-order chi connectivity index (χ0) is 10.8. The van der Waals surface area contributed by atoms with E-state index in [-0.39, 0.29) is 5.97 Å². The van der Waals surface area contributed by atoms with Crippen molar-refractivity contribution in [2.75, 3.05) is 6.61 Å². The Balaban J connectivity index is 2.56. The highest BCUT2D eigenvalue weighted by Gasteiger charge is 2.14.